The summed E-state index contributed by atoms with van der Waals surface area (Å²) < 4.78 is 11.4. The summed E-state index contributed by atoms with van der Waals surface area (Å²) in [4.78, 5) is 48.3. The van der Waals surface area contributed by atoms with Gasteiger partial charge in [0.2, 0.25) is 0 Å². The van der Waals surface area contributed by atoms with Crippen molar-refractivity contribution < 1.29 is 33.9 Å². The molecule has 0 aromatic heterocycles. The van der Waals surface area contributed by atoms with E-state index >= 15 is 0 Å². The van der Waals surface area contributed by atoms with Gasteiger partial charge in [0.05, 0.1) is 29.3 Å². The Kier molecular flexibility index (Phi) is 9.15. The van der Waals surface area contributed by atoms with Gasteiger partial charge < -0.3 is 30.5 Å². The monoisotopic (exact) mass is 562 g/mol. The van der Waals surface area contributed by atoms with Gasteiger partial charge in [0.25, 0.3) is 0 Å². The summed E-state index contributed by atoms with van der Waals surface area (Å²) in [6.45, 7) is 2.54. The van der Waals surface area contributed by atoms with Crippen LogP contribution in [-0.4, -0.2) is 53.6 Å². The Balaban J connectivity index is 1.51. The second-order valence-electron chi connectivity index (χ2n) is 9.56. The highest BCUT2D eigenvalue weighted by Crippen LogP contribution is 2.31. The molecule has 2 atom stereocenters. The van der Waals surface area contributed by atoms with Gasteiger partial charge in [-0.05, 0) is 67.8 Å². The highest BCUT2D eigenvalue weighted by atomic mass is 16.6. The number of methoxy groups -OCH3 is 1. The van der Waals surface area contributed by atoms with Crippen molar-refractivity contribution in [1.82, 2.24) is 5.32 Å². The summed E-state index contributed by atoms with van der Waals surface area (Å²) >= 11 is 0. The van der Waals surface area contributed by atoms with E-state index in [1.165, 1.54) is 19.2 Å². The van der Waals surface area contributed by atoms with Crippen LogP contribution in [0.15, 0.2) is 60.7 Å². The number of rotatable bonds is 11. The molecule has 3 aromatic rings. The molecule has 0 radical (unpaired) electrons. The first kappa shape index (κ1) is 29.0. The van der Waals surface area contributed by atoms with Crippen LogP contribution in [-0.2, 0) is 11.2 Å². The minimum absolute atomic E-state index is 0.0735. The lowest BCUT2D eigenvalue weighted by atomic mass is 9.98. The Morgan fingerprint density at radius 3 is 2.49 bits per heavy atom. The Hall–Kier alpha value is -4.97. The van der Waals surface area contributed by atoms with Crippen LogP contribution in [0.1, 0.15) is 34.3 Å². The fourth-order valence-electron chi connectivity index (χ4n) is 4.61. The topological polar surface area (TPSA) is 169 Å². The van der Waals surface area contributed by atoms with Gasteiger partial charge in [-0.25, -0.2) is 9.59 Å². The number of urea groups is 1. The summed E-state index contributed by atoms with van der Waals surface area (Å²) in [6.07, 6.45) is 0.294. The van der Waals surface area contributed by atoms with Crippen LogP contribution in [0.5, 0.6) is 11.5 Å². The number of carbonyl (C=O) groups is 3. The summed E-state index contributed by atoms with van der Waals surface area (Å²) in [6, 6.07) is 14.7. The summed E-state index contributed by atoms with van der Waals surface area (Å²) in [5, 5.41) is 29.6. The molecule has 214 valence electrons. The number of para-hydroxylation sites is 1. The highest BCUT2D eigenvalue weighted by Gasteiger charge is 2.34. The number of carboxylic acids is 1. The normalized spacial score (nSPS) is 15.0. The van der Waals surface area contributed by atoms with Crippen LogP contribution in [0.2, 0.25) is 0 Å². The van der Waals surface area contributed by atoms with Crippen molar-refractivity contribution in [1.29, 1.82) is 0 Å². The first-order valence-electron chi connectivity index (χ1n) is 12.9. The average Bonchev–Trinajstić information content (AvgIpc) is 3.48. The number of Topliss-reactive ketones (excluding diaryl/α,β-unsaturated/α-hetero) is 1. The molecule has 4 rings (SSSR count). The summed E-state index contributed by atoms with van der Waals surface area (Å²) in [7, 11) is 1.44. The number of nitro groups is 1. The van der Waals surface area contributed by atoms with Crippen molar-refractivity contribution in [3.05, 3.63) is 87.5 Å². The summed E-state index contributed by atoms with van der Waals surface area (Å²) in [5.74, 6) is -1.50. The number of nitrogens with zero attached hydrogens (tertiary/aromatic N) is 1. The van der Waals surface area contributed by atoms with Gasteiger partial charge in [0.15, 0.2) is 17.6 Å². The smallest absolute Gasteiger partial charge is 0.335 e. The molecule has 41 heavy (non-hydrogen) atoms. The minimum atomic E-state index is -1.32. The first-order valence-corrected chi connectivity index (χ1v) is 12.9. The average molecular weight is 563 g/mol. The van der Waals surface area contributed by atoms with E-state index in [9.17, 15) is 29.6 Å². The largest absolute Gasteiger partial charge is 0.495 e. The number of hydrogen-bond acceptors (Lipinski definition) is 8. The van der Waals surface area contributed by atoms with E-state index < -0.39 is 28.7 Å². The second-order valence-corrected chi connectivity index (χ2v) is 9.56. The Morgan fingerprint density at radius 1 is 1.07 bits per heavy atom. The van der Waals surface area contributed by atoms with Crippen LogP contribution in [0.4, 0.5) is 21.9 Å². The van der Waals surface area contributed by atoms with Crippen molar-refractivity contribution in [2.75, 3.05) is 24.3 Å². The number of carboxylic acid groups (broad SMARTS) is 1. The predicted octanol–water partition coefficient (Wildman–Crippen LogP) is 4.57. The molecular weight excluding hydrogens is 532 g/mol. The Bertz CT molecular complexity index is 1470. The van der Waals surface area contributed by atoms with Crippen LogP contribution in [0.3, 0.4) is 0 Å². The van der Waals surface area contributed by atoms with Crippen molar-refractivity contribution in [3.8, 4) is 11.5 Å². The van der Waals surface area contributed by atoms with Gasteiger partial charge in [-0.3, -0.25) is 14.9 Å². The van der Waals surface area contributed by atoms with Gasteiger partial charge in [-0.2, -0.15) is 0 Å². The molecule has 4 N–H and O–H groups in total. The third-order valence-electron chi connectivity index (χ3n) is 6.72. The van der Waals surface area contributed by atoms with E-state index in [4.69, 9.17) is 9.47 Å². The third kappa shape index (κ3) is 7.17. The molecular formula is C29H30N4O8. The lowest BCUT2D eigenvalue weighted by Gasteiger charge is -2.24. The highest BCUT2D eigenvalue weighted by molar-refractivity contribution is 6.01. The Labute approximate surface area is 235 Å². The lowest BCUT2D eigenvalue weighted by Crippen LogP contribution is -2.45. The second kappa shape index (κ2) is 12.9. The van der Waals surface area contributed by atoms with Crippen LogP contribution in [0, 0.1) is 17.0 Å². The molecule has 12 nitrogen and oxygen atoms in total. The fraction of sp³-hybridized carbons (Fsp3) is 0.276. The van der Waals surface area contributed by atoms with E-state index in [2.05, 4.69) is 16.0 Å². The first-order chi connectivity index (χ1) is 19.7. The molecule has 1 aliphatic rings. The van der Waals surface area contributed by atoms with E-state index in [0.29, 0.717) is 35.7 Å². The molecule has 3 aromatic carbocycles. The zero-order valence-electron chi connectivity index (χ0n) is 22.5. The van der Waals surface area contributed by atoms with Gasteiger partial charge >= 0.3 is 17.7 Å². The van der Waals surface area contributed by atoms with Crippen LogP contribution >= 0.6 is 0 Å². The quantitative estimate of drug-likeness (QED) is 0.193. The number of anilines is 2. The van der Waals surface area contributed by atoms with E-state index in [0.717, 1.165) is 18.1 Å². The maximum Gasteiger partial charge on any atom is 0.335 e. The van der Waals surface area contributed by atoms with Crippen LogP contribution < -0.4 is 25.4 Å². The molecule has 2 unspecified atom stereocenters. The molecule has 0 aliphatic carbocycles. The number of aromatic carboxylic acids is 1. The number of nitrogens with one attached hydrogen (secondary N) is 3. The number of nitro benzene ring substituents is 1. The number of ether oxygens (including phenoxy) is 2. The van der Waals surface area contributed by atoms with Gasteiger partial charge in [-0.1, -0.05) is 24.3 Å². The number of carbonyl (C=O) groups excluding carboxylic acids is 2. The van der Waals surface area contributed by atoms with Crippen molar-refractivity contribution in [2.45, 2.75) is 38.3 Å². The predicted molar refractivity (Wildman–Crippen MR) is 151 cm³/mol. The molecule has 2 amide bonds. The maximum atomic E-state index is 13.5. The van der Waals surface area contributed by atoms with E-state index in [1.54, 1.807) is 24.3 Å². The standard InChI is InChI=1S/C29H30N4O8/c1-17-6-3-4-7-20(17)31-29(37)32-21-11-9-18(15-26(21)40-2)14-24(34)27(22-8-5-13-30-22)41-25-12-10-19(28(35)36)16-23(25)33(38)39/h3-4,6-7,9-12,15-16,22,27,30H,5,8,13-14H2,1-2H3,(H,35,36)(H2,31,32,37). The molecule has 12 heteroatoms. The SMILES string of the molecule is COc1cc(CC(=O)C(Oc2ccc(C(=O)O)cc2[N+](=O)[O-])C2CCCN2)ccc1NC(=O)Nc1ccccc1C. The molecule has 0 bridgehead atoms. The summed E-state index contributed by atoms with van der Waals surface area (Å²) in [5.41, 5.74) is 1.74. The molecule has 1 heterocycles. The molecule has 0 spiro atoms. The minimum Gasteiger partial charge on any atom is -0.495 e. The zero-order valence-corrected chi connectivity index (χ0v) is 22.5. The maximum absolute atomic E-state index is 13.5. The number of benzene rings is 3. The number of aryl methyl sites for hydroxylation is 1. The van der Waals surface area contributed by atoms with Gasteiger partial charge in [0, 0.05) is 18.2 Å². The van der Waals surface area contributed by atoms with Gasteiger partial charge in [-0.15, -0.1) is 0 Å². The van der Waals surface area contributed by atoms with E-state index in [-0.39, 0.29) is 29.6 Å². The van der Waals surface area contributed by atoms with Crippen molar-refractivity contribution in [3.63, 3.8) is 0 Å². The number of amides is 2. The molecule has 1 saturated heterocycles. The number of hydrogen-bond donors (Lipinski definition) is 4. The Morgan fingerprint density at radius 2 is 1.83 bits per heavy atom. The molecule has 1 fully saturated rings. The van der Waals surface area contributed by atoms with Crippen molar-refractivity contribution >= 4 is 34.8 Å². The number of ketones is 1. The van der Waals surface area contributed by atoms with Crippen LogP contribution in [0.25, 0.3) is 0 Å². The third-order valence-corrected chi connectivity index (χ3v) is 6.72. The van der Waals surface area contributed by atoms with E-state index in [1.807, 2.05) is 25.1 Å². The fourth-order valence-corrected chi connectivity index (χ4v) is 4.61. The molecule has 1 aliphatic heterocycles. The lowest BCUT2D eigenvalue weighted by molar-refractivity contribution is -0.386. The zero-order chi connectivity index (χ0) is 29.5. The molecule has 0 saturated carbocycles. The van der Waals surface area contributed by atoms with Crippen molar-refractivity contribution in [2.24, 2.45) is 0 Å². The van der Waals surface area contributed by atoms with Gasteiger partial charge in [0.1, 0.15) is 5.75 Å².